The molecule has 0 bridgehead atoms. The molecule has 4 nitrogen and oxygen atoms in total. The van der Waals surface area contributed by atoms with Gasteiger partial charge >= 0.3 is 0 Å². The van der Waals surface area contributed by atoms with Gasteiger partial charge in [-0.25, -0.2) is 5.43 Å². The van der Waals surface area contributed by atoms with Gasteiger partial charge in [-0.1, -0.05) is 48.0 Å². The van der Waals surface area contributed by atoms with Crippen molar-refractivity contribution >= 4 is 12.1 Å². The quantitative estimate of drug-likeness (QED) is 0.531. The molecule has 0 spiro atoms. The minimum atomic E-state index is -0.0952. The number of hydrogen-bond acceptors (Lipinski definition) is 3. The minimum Gasteiger partial charge on any atom is -0.273 e. The van der Waals surface area contributed by atoms with E-state index >= 15 is 0 Å². The molecule has 1 amide bonds. The maximum absolute atomic E-state index is 12.6. The zero-order valence-electron chi connectivity index (χ0n) is 13.7. The maximum Gasteiger partial charge on any atom is 0.244 e. The summed E-state index contributed by atoms with van der Waals surface area (Å²) in [6.07, 6.45) is 8.85. The van der Waals surface area contributed by atoms with E-state index < -0.39 is 0 Å². The van der Waals surface area contributed by atoms with Crippen molar-refractivity contribution in [3.8, 4) is 0 Å². The fourth-order valence-electron chi connectivity index (χ4n) is 3.11. The first-order chi connectivity index (χ1) is 11.7. The molecule has 1 aliphatic rings. The number of allylic oxidation sites excluding steroid dienone is 2. The number of benzene rings is 1. The molecule has 3 rings (SSSR count). The van der Waals surface area contributed by atoms with Crippen LogP contribution in [0.15, 0.2) is 71.6 Å². The second kappa shape index (κ2) is 7.68. The third-order valence-electron chi connectivity index (χ3n) is 4.39. The summed E-state index contributed by atoms with van der Waals surface area (Å²) in [4.78, 5) is 16.6. The van der Waals surface area contributed by atoms with Gasteiger partial charge < -0.3 is 0 Å². The van der Waals surface area contributed by atoms with Crippen molar-refractivity contribution in [1.82, 2.24) is 10.4 Å². The minimum absolute atomic E-state index is 0.0345. The number of hydrogen-bond donors (Lipinski definition) is 1. The van der Waals surface area contributed by atoms with Gasteiger partial charge in [0, 0.05) is 18.0 Å². The van der Waals surface area contributed by atoms with Gasteiger partial charge in [0.2, 0.25) is 5.91 Å². The molecule has 2 atom stereocenters. The largest absolute Gasteiger partial charge is 0.273 e. The Hall–Kier alpha value is -2.75. The number of rotatable bonds is 4. The highest BCUT2D eigenvalue weighted by atomic mass is 16.2. The second-order valence-electron chi connectivity index (χ2n) is 6.13. The molecule has 2 aromatic rings. The average molecular weight is 319 g/mol. The zero-order chi connectivity index (χ0) is 16.8. The summed E-state index contributed by atoms with van der Waals surface area (Å²) in [6.45, 7) is 2.13. The van der Waals surface area contributed by atoms with Crippen LogP contribution in [-0.4, -0.2) is 17.1 Å². The summed E-state index contributed by atoms with van der Waals surface area (Å²) in [5, 5.41) is 4.08. The first-order valence-electron chi connectivity index (χ1n) is 8.17. The monoisotopic (exact) mass is 319 g/mol. The molecular weight excluding hydrogens is 298 g/mol. The second-order valence-corrected chi connectivity index (χ2v) is 6.13. The molecule has 0 radical (unpaired) electrons. The van der Waals surface area contributed by atoms with Crippen LogP contribution in [0.2, 0.25) is 0 Å². The van der Waals surface area contributed by atoms with Crippen LogP contribution >= 0.6 is 0 Å². The molecule has 122 valence electrons. The van der Waals surface area contributed by atoms with Gasteiger partial charge in [-0.3, -0.25) is 9.78 Å². The smallest absolute Gasteiger partial charge is 0.244 e. The molecule has 0 aliphatic heterocycles. The molecule has 24 heavy (non-hydrogen) atoms. The van der Waals surface area contributed by atoms with Crippen molar-refractivity contribution in [3.05, 3.63) is 77.6 Å². The van der Waals surface area contributed by atoms with Gasteiger partial charge in [0.15, 0.2) is 0 Å². The lowest BCUT2D eigenvalue weighted by atomic mass is 9.75. The SMILES string of the molecule is CC1=CCC(C(=O)NN=Cc2cccnc2)C(c2ccccc2)C1. The number of nitrogens with zero attached hydrogens (tertiary/aromatic N) is 2. The number of amides is 1. The first-order valence-corrected chi connectivity index (χ1v) is 8.17. The summed E-state index contributed by atoms with van der Waals surface area (Å²) < 4.78 is 0. The van der Waals surface area contributed by atoms with Crippen LogP contribution in [0.1, 0.15) is 36.8 Å². The van der Waals surface area contributed by atoms with Gasteiger partial charge in [-0.2, -0.15) is 5.10 Å². The van der Waals surface area contributed by atoms with Gasteiger partial charge in [-0.15, -0.1) is 0 Å². The van der Waals surface area contributed by atoms with E-state index in [0.717, 1.165) is 18.4 Å². The molecular formula is C20H21N3O. The molecule has 1 aromatic carbocycles. The maximum atomic E-state index is 12.6. The molecule has 0 saturated carbocycles. The number of pyridine rings is 1. The molecule has 4 heteroatoms. The van der Waals surface area contributed by atoms with E-state index in [1.807, 2.05) is 30.3 Å². The average Bonchev–Trinajstić information content (AvgIpc) is 2.63. The van der Waals surface area contributed by atoms with E-state index in [4.69, 9.17) is 0 Å². The Balaban J connectivity index is 1.71. The predicted molar refractivity (Wildman–Crippen MR) is 95.6 cm³/mol. The molecule has 1 N–H and O–H groups in total. The van der Waals surface area contributed by atoms with Gasteiger partial charge in [-0.05, 0) is 37.3 Å². The van der Waals surface area contributed by atoms with Gasteiger partial charge in [0.25, 0.3) is 0 Å². The Kier molecular flexibility index (Phi) is 5.16. The number of nitrogens with one attached hydrogen (secondary N) is 1. The molecule has 1 aromatic heterocycles. The van der Waals surface area contributed by atoms with Crippen molar-refractivity contribution in [3.63, 3.8) is 0 Å². The highest BCUT2D eigenvalue weighted by Gasteiger charge is 2.31. The summed E-state index contributed by atoms with van der Waals surface area (Å²) in [7, 11) is 0. The summed E-state index contributed by atoms with van der Waals surface area (Å²) in [6, 6.07) is 14.0. The Morgan fingerprint density at radius 1 is 1.25 bits per heavy atom. The van der Waals surface area contributed by atoms with Crippen LogP contribution in [0.5, 0.6) is 0 Å². The molecule has 1 heterocycles. The number of aromatic nitrogens is 1. The zero-order valence-corrected chi connectivity index (χ0v) is 13.7. The normalized spacial score (nSPS) is 20.6. The van der Waals surface area contributed by atoms with E-state index in [2.05, 4.69) is 40.6 Å². The van der Waals surface area contributed by atoms with E-state index in [-0.39, 0.29) is 17.7 Å². The lowest BCUT2D eigenvalue weighted by Gasteiger charge is -2.29. The van der Waals surface area contributed by atoms with Crippen molar-refractivity contribution < 1.29 is 4.79 Å². The van der Waals surface area contributed by atoms with E-state index in [9.17, 15) is 4.79 Å². The van der Waals surface area contributed by atoms with E-state index in [1.165, 1.54) is 11.1 Å². The topological polar surface area (TPSA) is 54.4 Å². The van der Waals surface area contributed by atoms with E-state index in [1.54, 1.807) is 18.6 Å². The summed E-state index contributed by atoms with van der Waals surface area (Å²) in [5.74, 6) is 0.0692. The van der Waals surface area contributed by atoms with Crippen LogP contribution in [0.3, 0.4) is 0 Å². The lowest BCUT2D eigenvalue weighted by molar-refractivity contribution is -0.125. The summed E-state index contributed by atoms with van der Waals surface area (Å²) >= 11 is 0. The highest BCUT2D eigenvalue weighted by molar-refractivity contribution is 5.83. The molecule has 2 unspecified atom stereocenters. The van der Waals surface area contributed by atoms with Crippen molar-refractivity contribution in [2.24, 2.45) is 11.0 Å². The molecule has 0 saturated heterocycles. The van der Waals surface area contributed by atoms with Crippen LogP contribution < -0.4 is 5.43 Å². The highest BCUT2D eigenvalue weighted by Crippen LogP contribution is 2.37. The Labute approximate surface area is 142 Å². The Morgan fingerprint density at radius 2 is 2.08 bits per heavy atom. The number of carbonyl (C=O) groups excluding carboxylic acids is 1. The van der Waals surface area contributed by atoms with Crippen molar-refractivity contribution in [1.29, 1.82) is 0 Å². The fraction of sp³-hybridized carbons (Fsp3) is 0.250. The number of hydrazone groups is 1. The van der Waals surface area contributed by atoms with Crippen LogP contribution in [0.25, 0.3) is 0 Å². The fourth-order valence-corrected chi connectivity index (χ4v) is 3.11. The van der Waals surface area contributed by atoms with E-state index in [0.29, 0.717) is 0 Å². The van der Waals surface area contributed by atoms with Crippen LogP contribution in [0, 0.1) is 5.92 Å². The van der Waals surface area contributed by atoms with Gasteiger partial charge in [0.05, 0.1) is 12.1 Å². The third kappa shape index (κ3) is 3.96. The van der Waals surface area contributed by atoms with Gasteiger partial charge in [0.1, 0.15) is 0 Å². The van der Waals surface area contributed by atoms with Crippen LogP contribution in [0.4, 0.5) is 0 Å². The Bertz CT molecular complexity index is 738. The number of carbonyl (C=O) groups is 1. The molecule has 1 aliphatic carbocycles. The van der Waals surface area contributed by atoms with Crippen molar-refractivity contribution in [2.45, 2.75) is 25.7 Å². The standard InChI is InChI=1S/C20H21N3O/c1-15-9-10-18(19(12-15)17-7-3-2-4-8-17)20(24)23-22-14-16-6-5-11-21-13-16/h2-9,11,13-14,18-19H,10,12H2,1H3,(H,23,24). The lowest BCUT2D eigenvalue weighted by Crippen LogP contribution is -2.32. The van der Waals surface area contributed by atoms with Crippen molar-refractivity contribution in [2.75, 3.05) is 0 Å². The first kappa shape index (κ1) is 16.1. The molecule has 0 fully saturated rings. The van der Waals surface area contributed by atoms with Crippen LogP contribution in [-0.2, 0) is 4.79 Å². The third-order valence-corrected chi connectivity index (χ3v) is 4.39. The predicted octanol–water partition coefficient (Wildman–Crippen LogP) is 3.67. The Morgan fingerprint density at radius 3 is 2.83 bits per heavy atom. The summed E-state index contributed by atoms with van der Waals surface area (Å²) in [5.41, 5.74) is 6.10.